The molecule has 2 aromatic carbocycles. The number of anilines is 1. The highest BCUT2D eigenvalue weighted by Gasteiger charge is 2.03. The molecule has 3 heteroatoms. The van der Waals surface area contributed by atoms with E-state index < -0.39 is 0 Å². The molecule has 0 saturated carbocycles. The Balaban J connectivity index is 2.15. The summed E-state index contributed by atoms with van der Waals surface area (Å²) < 4.78 is 0. The molecule has 0 aliphatic rings. The van der Waals surface area contributed by atoms with Gasteiger partial charge in [0.15, 0.2) is 5.78 Å². The lowest BCUT2D eigenvalue weighted by atomic mass is 10.1. The third-order valence-corrected chi connectivity index (χ3v) is 2.94. The molecule has 0 fully saturated rings. The number of benzene rings is 2. The lowest BCUT2D eigenvalue weighted by Crippen LogP contribution is -2.06. The molecule has 2 rings (SSSR count). The fourth-order valence-corrected chi connectivity index (χ4v) is 2.00. The van der Waals surface area contributed by atoms with Gasteiger partial charge in [0.1, 0.15) is 0 Å². The standard InChI is InChI=1S/C18H17NO2/c1-13-5-3-6-15(11-13)9-10-18(21)16-7-4-8-17(12-16)19-14(2)20/h3-12H,1-2H3,(H,19,20)/b10-9+. The van der Waals surface area contributed by atoms with Gasteiger partial charge in [-0.3, -0.25) is 9.59 Å². The number of rotatable bonds is 4. The van der Waals surface area contributed by atoms with Crippen molar-refractivity contribution in [3.05, 3.63) is 71.3 Å². The van der Waals surface area contributed by atoms with Crippen molar-refractivity contribution in [2.75, 3.05) is 5.32 Å². The van der Waals surface area contributed by atoms with Gasteiger partial charge in [0.25, 0.3) is 0 Å². The summed E-state index contributed by atoms with van der Waals surface area (Å²) in [5, 5.41) is 2.67. The fraction of sp³-hybridized carbons (Fsp3) is 0.111. The number of ketones is 1. The van der Waals surface area contributed by atoms with E-state index in [-0.39, 0.29) is 11.7 Å². The van der Waals surface area contributed by atoms with Crippen LogP contribution >= 0.6 is 0 Å². The van der Waals surface area contributed by atoms with Crippen LogP contribution in [-0.2, 0) is 4.79 Å². The van der Waals surface area contributed by atoms with Crippen molar-refractivity contribution in [3.63, 3.8) is 0 Å². The highest BCUT2D eigenvalue weighted by Crippen LogP contribution is 2.13. The molecule has 0 radical (unpaired) electrons. The van der Waals surface area contributed by atoms with E-state index in [4.69, 9.17) is 0 Å². The number of hydrogen-bond donors (Lipinski definition) is 1. The first-order valence-electron chi connectivity index (χ1n) is 6.71. The average molecular weight is 279 g/mol. The second kappa shape index (κ2) is 6.66. The van der Waals surface area contributed by atoms with Crippen molar-refractivity contribution in [2.45, 2.75) is 13.8 Å². The van der Waals surface area contributed by atoms with Crippen molar-refractivity contribution in [3.8, 4) is 0 Å². The van der Waals surface area contributed by atoms with Crippen LogP contribution in [0.2, 0.25) is 0 Å². The summed E-state index contributed by atoms with van der Waals surface area (Å²) in [6, 6.07) is 14.8. The third-order valence-electron chi connectivity index (χ3n) is 2.94. The molecule has 2 aromatic rings. The molecule has 0 saturated heterocycles. The molecular weight excluding hydrogens is 262 g/mol. The van der Waals surface area contributed by atoms with Gasteiger partial charge in [0.05, 0.1) is 0 Å². The zero-order chi connectivity index (χ0) is 15.2. The largest absolute Gasteiger partial charge is 0.326 e. The molecular formula is C18H17NO2. The summed E-state index contributed by atoms with van der Waals surface area (Å²) in [4.78, 5) is 23.2. The summed E-state index contributed by atoms with van der Waals surface area (Å²) in [5.74, 6) is -0.251. The van der Waals surface area contributed by atoms with Gasteiger partial charge in [-0.25, -0.2) is 0 Å². The van der Waals surface area contributed by atoms with E-state index in [1.54, 1.807) is 36.4 Å². The Labute approximate surface area is 124 Å². The van der Waals surface area contributed by atoms with E-state index in [0.717, 1.165) is 11.1 Å². The maximum atomic E-state index is 12.1. The monoisotopic (exact) mass is 279 g/mol. The summed E-state index contributed by atoms with van der Waals surface area (Å²) in [6.07, 6.45) is 3.34. The van der Waals surface area contributed by atoms with Crippen molar-refractivity contribution in [1.82, 2.24) is 0 Å². The first-order chi connectivity index (χ1) is 10.0. The van der Waals surface area contributed by atoms with E-state index in [0.29, 0.717) is 11.3 Å². The number of hydrogen-bond acceptors (Lipinski definition) is 2. The second-order valence-corrected chi connectivity index (χ2v) is 4.87. The van der Waals surface area contributed by atoms with Gasteiger partial charge in [-0.15, -0.1) is 0 Å². The minimum atomic E-state index is -0.157. The van der Waals surface area contributed by atoms with Crippen LogP contribution in [0.25, 0.3) is 6.08 Å². The lowest BCUT2D eigenvalue weighted by Gasteiger charge is -2.03. The zero-order valence-electron chi connectivity index (χ0n) is 12.1. The number of aryl methyl sites for hydroxylation is 1. The Bertz CT molecular complexity index is 702. The van der Waals surface area contributed by atoms with Crippen LogP contribution in [0.5, 0.6) is 0 Å². The maximum absolute atomic E-state index is 12.1. The Morgan fingerprint density at radius 1 is 1.05 bits per heavy atom. The number of carbonyl (C=O) groups is 2. The smallest absolute Gasteiger partial charge is 0.221 e. The highest BCUT2D eigenvalue weighted by atomic mass is 16.1. The molecule has 1 N–H and O–H groups in total. The molecule has 0 aromatic heterocycles. The van der Waals surface area contributed by atoms with E-state index in [1.807, 2.05) is 31.2 Å². The summed E-state index contributed by atoms with van der Waals surface area (Å²) in [7, 11) is 0. The minimum Gasteiger partial charge on any atom is -0.326 e. The Hall–Kier alpha value is -2.68. The Morgan fingerprint density at radius 3 is 2.52 bits per heavy atom. The van der Waals surface area contributed by atoms with E-state index >= 15 is 0 Å². The van der Waals surface area contributed by atoms with Gasteiger partial charge < -0.3 is 5.32 Å². The van der Waals surface area contributed by atoms with Crippen molar-refractivity contribution in [2.24, 2.45) is 0 Å². The van der Waals surface area contributed by atoms with Crippen LogP contribution in [0.1, 0.15) is 28.4 Å². The van der Waals surface area contributed by atoms with Crippen LogP contribution < -0.4 is 5.32 Å². The molecule has 0 heterocycles. The Morgan fingerprint density at radius 2 is 1.81 bits per heavy atom. The normalized spacial score (nSPS) is 10.6. The number of allylic oxidation sites excluding steroid dienone is 1. The van der Waals surface area contributed by atoms with Crippen LogP contribution in [0.4, 0.5) is 5.69 Å². The SMILES string of the molecule is CC(=O)Nc1cccc(C(=O)/C=C/c2cccc(C)c2)c1. The molecule has 3 nitrogen and oxygen atoms in total. The summed E-state index contributed by atoms with van der Waals surface area (Å²) in [5.41, 5.74) is 3.31. The topological polar surface area (TPSA) is 46.2 Å². The van der Waals surface area contributed by atoms with Crippen molar-refractivity contribution < 1.29 is 9.59 Å². The predicted molar refractivity (Wildman–Crippen MR) is 85.3 cm³/mol. The zero-order valence-corrected chi connectivity index (χ0v) is 12.1. The molecule has 0 atom stereocenters. The molecule has 106 valence electrons. The predicted octanol–water partition coefficient (Wildman–Crippen LogP) is 3.85. The van der Waals surface area contributed by atoms with Gasteiger partial charge in [0, 0.05) is 18.2 Å². The lowest BCUT2D eigenvalue weighted by molar-refractivity contribution is -0.114. The molecule has 0 bridgehead atoms. The van der Waals surface area contributed by atoms with Crippen LogP contribution in [0.3, 0.4) is 0 Å². The number of nitrogens with one attached hydrogen (secondary N) is 1. The molecule has 21 heavy (non-hydrogen) atoms. The molecule has 0 spiro atoms. The van der Waals surface area contributed by atoms with E-state index in [1.165, 1.54) is 6.92 Å². The fourth-order valence-electron chi connectivity index (χ4n) is 2.00. The third kappa shape index (κ3) is 4.42. The molecule has 0 unspecified atom stereocenters. The summed E-state index contributed by atoms with van der Waals surface area (Å²) >= 11 is 0. The van der Waals surface area contributed by atoms with Crippen LogP contribution in [0, 0.1) is 6.92 Å². The van der Waals surface area contributed by atoms with Crippen LogP contribution in [0.15, 0.2) is 54.6 Å². The van der Waals surface area contributed by atoms with Gasteiger partial charge >= 0.3 is 0 Å². The van der Waals surface area contributed by atoms with Gasteiger partial charge in [-0.05, 0) is 30.7 Å². The van der Waals surface area contributed by atoms with E-state index in [9.17, 15) is 9.59 Å². The highest BCUT2D eigenvalue weighted by molar-refractivity contribution is 6.07. The van der Waals surface area contributed by atoms with E-state index in [2.05, 4.69) is 5.32 Å². The Kier molecular flexibility index (Phi) is 4.67. The van der Waals surface area contributed by atoms with Crippen LogP contribution in [-0.4, -0.2) is 11.7 Å². The quantitative estimate of drug-likeness (QED) is 0.682. The van der Waals surface area contributed by atoms with Crippen molar-refractivity contribution in [1.29, 1.82) is 0 Å². The van der Waals surface area contributed by atoms with Gasteiger partial charge in [-0.2, -0.15) is 0 Å². The van der Waals surface area contributed by atoms with Crippen molar-refractivity contribution >= 4 is 23.5 Å². The number of amides is 1. The molecule has 0 aliphatic heterocycles. The minimum absolute atomic E-state index is 0.0938. The second-order valence-electron chi connectivity index (χ2n) is 4.87. The average Bonchev–Trinajstić information content (AvgIpc) is 2.44. The molecule has 0 aliphatic carbocycles. The number of carbonyl (C=O) groups excluding carboxylic acids is 2. The first-order valence-corrected chi connectivity index (χ1v) is 6.71. The van der Waals surface area contributed by atoms with Gasteiger partial charge in [0.2, 0.25) is 5.91 Å². The maximum Gasteiger partial charge on any atom is 0.221 e. The first kappa shape index (κ1) is 14.7. The van der Waals surface area contributed by atoms with Gasteiger partial charge in [-0.1, -0.05) is 48.0 Å². The summed E-state index contributed by atoms with van der Waals surface area (Å²) in [6.45, 7) is 3.45. The molecule has 1 amide bonds.